The van der Waals surface area contributed by atoms with E-state index in [2.05, 4.69) is 26.0 Å². The van der Waals surface area contributed by atoms with Crippen molar-refractivity contribution >= 4 is 27.3 Å². The SMILES string of the molecule is Cc1nn(Cc2cscn2)c(-c2ccc(F)cc2)c1Br. The zero-order valence-electron chi connectivity index (χ0n) is 10.7. The van der Waals surface area contributed by atoms with Gasteiger partial charge in [0.15, 0.2) is 0 Å². The number of aromatic nitrogens is 3. The lowest BCUT2D eigenvalue weighted by atomic mass is 10.1. The third kappa shape index (κ3) is 2.53. The van der Waals surface area contributed by atoms with Gasteiger partial charge in [-0.05, 0) is 47.1 Å². The van der Waals surface area contributed by atoms with Gasteiger partial charge in [-0.25, -0.2) is 9.37 Å². The molecule has 0 N–H and O–H groups in total. The molecule has 2 heterocycles. The van der Waals surface area contributed by atoms with Crippen molar-refractivity contribution in [2.75, 3.05) is 0 Å². The van der Waals surface area contributed by atoms with Crippen LogP contribution in [0.5, 0.6) is 0 Å². The molecule has 0 fully saturated rings. The van der Waals surface area contributed by atoms with Crippen LogP contribution in [0.4, 0.5) is 4.39 Å². The van der Waals surface area contributed by atoms with E-state index in [9.17, 15) is 4.39 Å². The molecule has 0 spiro atoms. The smallest absolute Gasteiger partial charge is 0.123 e. The van der Waals surface area contributed by atoms with E-state index in [1.807, 2.05) is 17.0 Å². The van der Waals surface area contributed by atoms with Crippen molar-refractivity contribution in [1.29, 1.82) is 0 Å². The molecule has 3 nitrogen and oxygen atoms in total. The van der Waals surface area contributed by atoms with Gasteiger partial charge in [-0.2, -0.15) is 5.10 Å². The summed E-state index contributed by atoms with van der Waals surface area (Å²) in [6.07, 6.45) is 0. The molecule has 102 valence electrons. The molecule has 0 bridgehead atoms. The molecule has 0 aliphatic heterocycles. The maximum Gasteiger partial charge on any atom is 0.123 e. The topological polar surface area (TPSA) is 30.7 Å². The lowest BCUT2D eigenvalue weighted by Crippen LogP contribution is -2.04. The summed E-state index contributed by atoms with van der Waals surface area (Å²) in [6, 6.07) is 6.43. The Balaban J connectivity index is 2.07. The molecule has 0 saturated carbocycles. The first-order chi connectivity index (χ1) is 9.65. The Bertz CT molecular complexity index is 720. The van der Waals surface area contributed by atoms with Crippen LogP contribution in [0.25, 0.3) is 11.3 Å². The standard InChI is InChI=1S/C14H11BrFN3S/c1-9-13(15)14(10-2-4-11(16)5-3-10)19(18-9)6-12-7-20-8-17-12/h2-5,7-8H,6H2,1H3. The molecule has 0 aliphatic rings. The van der Waals surface area contributed by atoms with Crippen molar-refractivity contribution in [2.24, 2.45) is 0 Å². The average molecular weight is 352 g/mol. The predicted octanol–water partition coefficient (Wildman–Crippen LogP) is 4.26. The summed E-state index contributed by atoms with van der Waals surface area (Å²) in [5, 5.41) is 6.52. The summed E-state index contributed by atoms with van der Waals surface area (Å²) in [5.41, 5.74) is 5.54. The third-order valence-electron chi connectivity index (χ3n) is 2.97. The fourth-order valence-electron chi connectivity index (χ4n) is 2.03. The molecule has 1 aromatic carbocycles. The van der Waals surface area contributed by atoms with Crippen molar-refractivity contribution in [2.45, 2.75) is 13.5 Å². The molecule has 0 unspecified atom stereocenters. The van der Waals surface area contributed by atoms with Gasteiger partial charge in [-0.1, -0.05) is 0 Å². The number of halogens is 2. The van der Waals surface area contributed by atoms with Crippen molar-refractivity contribution in [3.8, 4) is 11.3 Å². The Kier molecular flexibility index (Phi) is 3.67. The fourth-order valence-corrected chi connectivity index (χ4v) is 3.09. The number of aryl methyl sites for hydroxylation is 1. The minimum Gasteiger partial charge on any atom is -0.257 e. The summed E-state index contributed by atoms with van der Waals surface area (Å²) in [5.74, 6) is -0.243. The minimum atomic E-state index is -0.243. The Morgan fingerprint density at radius 2 is 2.05 bits per heavy atom. The highest BCUT2D eigenvalue weighted by atomic mass is 79.9. The van der Waals surface area contributed by atoms with Gasteiger partial charge in [0.1, 0.15) is 5.82 Å². The van der Waals surface area contributed by atoms with Gasteiger partial charge in [0.2, 0.25) is 0 Å². The van der Waals surface area contributed by atoms with Crippen molar-refractivity contribution in [3.05, 3.63) is 56.8 Å². The van der Waals surface area contributed by atoms with Gasteiger partial charge in [0.05, 0.1) is 33.6 Å². The molecule has 0 aliphatic carbocycles. The van der Waals surface area contributed by atoms with Gasteiger partial charge < -0.3 is 0 Å². The molecule has 3 rings (SSSR count). The monoisotopic (exact) mass is 351 g/mol. The van der Waals surface area contributed by atoms with Crippen molar-refractivity contribution in [3.63, 3.8) is 0 Å². The predicted molar refractivity (Wildman–Crippen MR) is 81.3 cm³/mol. The van der Waals surface area contributed by atoms with Crippen LogP contribution in [-0.2, 0) is 6.54 Å². The molecule has 0 atom stereocenters. The van der Waals surface area contributed by atoms with Crippen LogP contribution in [0.2, 0.25) is 0 Å². The Morgan fingerprint density at radius 3 is 2.70 bits per heavy atom. The van der Waals surface area contributed by atoms with Crippen LogP contribution in [0.15, 0.2) is 39.6 Å². The molecule has 6 heteroatoms. The minimum absolute atomic E-state index is 0.243. The van der Waals surface area contributed by atoms with Crippen LogP contribution < -0.4 is 0 Å². The van der Waals surface area contributed by atoms with E-state index < -0.39 is 0 Å². The highest BCUT2D eigenvalue weighted by Crippen LogP contribution is 2.31. The van der Waals surface area contributed by atoms with Crippen LogP contribution in [0.1, 0.15) is 11.4 Å². The molecule has 0 saturated heterocycles. The Morgan fingerprint density at radius 1 is 1.30 bits per heavy atom. The average Bonchev–Trinajstić information content (AvgIpc) is 3.02. The molecule has 3 aromatic rings. The highest BCUT2D eigenvalue weighted by molar-refractivity contribution is 9.10. The van der Waals surface area contributed by atoms with E-state index in [-0.39, 0.29) is 5.82 Å². The highest BCUT2D eigenvalue weighted by Gasteiger charge is 2.15. The fraction of sp³-hybridized carbons (Fsp3) is 0.143. The zero-order valence-corrected chi connectivity index (χ0v) is 13.1. The van der Waals surface area contributed by atoms with Crippen LogP contribution in [0, 0.1) is 12.7 Å². The second kappa shape index (κ2) is 5.46. The maximum atomic E-state index is 13.1. The second-order valence-electron chi connectivity index (χ2n) is 4.39. The van der Waals surface area contributed by atoms with Crippen LogP contribution in [-0.4, -0.2) is 14.8 Å². The zero-order chi connectivity index (χ0) is 14.1. The number of thiazole rings is 1. The van der Waals surface area contributed by atoms with E-state index in [4.69, 9.17) is 0 Å². The number of benzene rings is 1. The van der Waals surface area contributed by atoms with E-state index >= 15 is 0 Å². The first-order valence-electron chi connectivity index (χ1n) is 6.01. The molecule has 2 aromatic heterocycles. The van der Waals surface area contributed by atoms with Gasteiger partial charge in [-0.3, -0.25) is 4.68 Å². The van der Waals surface area contributed by atoms with Gasteiger partial charge in [0, 0.05) is 10.9 Å². The second-order valence-corrected chi connectivity index (χ2v) is 5.90. The Labute approximate surface area is 128 Å². The number of hydrogen-bond acceptors (Lipinski definition) is 3. The number of rotatable bonds is 3. The lowest BCUT2D eigenvalue weighted by molar-refractivity contribution is 0.627. The summed E-state index contributed by atoms with van der Waals surface area (Å²) in [7, 11) is 0. The van der Waals surface area contributed by atoms with E-state index in [1.165, 1.54) is 12.1 Å². The molecular formula is C14H11BrFN3S. The molecule has 0 amide bonds. The number of hydrogen-bond donors (Lipinski definition) is 0. The largest absolute Gasteiger partial charge is 0.257 e. The van der Waals surface area contributed by atoms with Crippen molar-refractivity contribution in [1.82, 2.24) is 14.8 Å². The molecule has 0 radical (unpaired) electrons. The number of nitrogens with zero attached hydrogens (tertiary/aromatic N) is 3. The summed E-state index contributed by atoms with van der Waals surface area (Å²) < 4.78 is 15.9. The summed E-state index contributed by atoms with van der Waals surface area (Å²) in [6.45, 7) is 2.54. The summed E-state index contributed by atoms with van der Waals surface area (Å²) >= 11 is 5.13. The van der Waals surface area contributed by atoms with E-state index in [0.29, 0.717) is 6.54 Å². The van der Waals surface area contributed by atoms with Gasteiger partial charge >= 0.3 is 0 Å². The van der Waals surface area contributed by atoms with Crippen LogP contribution in [0.3, 0.4) is 0 Å². The molecular weight excluding hydrogens is 341 g/mol. The molecule has 20 heavy (non-hydrogen) atoms. The Hall–Kier alpha value is -1.53. The van der Waals surface area contributed by atoms with Gasteiger partial charge in [0.25, 0.3) is 0 Å². The first kappa shape index (κ1) is 13.5. The third-order valence-corrected chi connectivity index (χ3v) is 4.55. The maximum absolute atomic E-state index is 13.1. The first-order valence-corrected chi connectivity index (χ1v) is 7.74. The van der Waals surface area contributed by atoms with Crippen LogP contribution >= 0.6 is 27.3 Å². The normalized spacial score (nSPS) is 10.9. The van der Waals surface area contributed by atoms with E-state index in [0.717, 1.165) is 27.1 Å². The lowest BCUT2D eigenvalue weighted by Gasteiger charge is -2.07. The summed E-state index contributed by atoms with van der Waals surface area (Å²) in [4.78, 5) is 4.28. The van der Waals surface area contributed by atoms with E-state index in [1.54, 1.807) is 29.0 Å². The van der Waals surface area contributed by atoms with Gasteiger partial charge in [-0.15, -0.1) is 11.3 Å². The van der Waals surface area contributed by atoms with Crippen molar-refractivity contribution < 1.29 is 4.39 Å². The quantitative estimate of drug-likeness (QED) is 0.705.